The molecule has 19 heteroatoms. The Balaban J connectivity index is 1.38. The standard InChI is InChI=1S/C53H66N2O17/c1-8-16-40(69-48(60)26-14-24-46(56)57)52(3,4)42-22-13-20-38-39(68-38)29-28-33(64-7)30-45-55-35(32-66-45)51(63)72-43(53(5,6)41(17-9-2)70-49(61)27-15-25-47(58)59)21-12-19-37-36(67-37)18-10-11-23-44-54-34(31-65-44)50(62)71-42/h8-13,16-20,23,28-29,31-33,36-43H,14-15,21-22,24-27,30H2,1-7H3,(H,56,57)(H,58,59)/t33-,36-,37+,38?,39?,40-,41-,42-,43-/m0/s1. The van der Waals surface area contributed by atoms with Gasteiger partial charge in [-0.05, 0) is 38.8 Å². The van der Waals surface area contributed by atoms with Crippen LogP contribution in [0.5, 0.6) is 0 Å². The summed E-state index contributed by atoms with van der Waals surface area (Å²) in [6.07, 6.45) is 21.8. The van der Waals surface area contributed by atoms with Crippen LogP contribution in [-0.2, 0) is 58.8 Å². The molecule has 2 saturated heterocycles. The number of cyclic esters (lactones) is 2. The predicted octanol–water partition coefficient (Wildman–Crippen LogP) is 8.08. The Morgan fingerprint density at radius 1 is 0.681 bits per heavy atom. The highest BCUT2D eigenvalue weighted by molar-refractivity contribution is 5.87. The largest absolute Gasteiger partial charge is 0.481 e. The number of aliphatic carboxylic acids is 2. The first-order valence-electron chi connectivity index (χ1n) is 23.9. The smallest absolute Gasteiger partial charge is 0.360 e. The summed E-state index contributed by atoms with van der Waals surface area (Å²) in [4.78, 5) is 84.1. The maximum Gasteiger partial charge on any atom is 0.360 e. The van der Waals surface area contributed by atoms with E-state index < -0.39 is 77.2 Å². The molecular formula is C53H66N2O17. The number of nitrogens with zero attached hydrogens (tertiary/aromatic N) is 2. The Labute approximate surface area is 418 Å². The van der Waals surface area contributed by atoms with Crippen LogP contribution in [0.3, 0.4) is 0 Å². The van der Waals surface area contributed by atoms with Crippen molar-refractivity contribution in [1.82, 2.24) is 9.97 Å². The van der Waals surface area contributed by atoms with Crippen LogP contribution in [-0.4, -0.2) is 118 Å². The number of carbonyl (C=O) groups excluding carboxylic acids is 4. The van der Waals surface area contributed by atoms with Crippen molar-refractivity contribution in [3.63, 3.8) is 0 Å². The van der Waals surface area contributed by atoms with Crippen LogP contribution in [0.15, 0.2) is 100 Å². The third-order valence-corrected chi connectivity index (χ3v) is 12.2. The van der Waals surface area contributed by atoms with E-state index in [4.69, 9.17) is 52.2 Å². The van der Waals surface area contributed by atoms with E-state index in [-0.39, 0.29) is 105 Å². The van der Waals surface area contributed by atoms with Crippen molar-refractivity contribution in [2.24, 2.45) is 10.8 Å². The number of methoxy groups -OCH3 is 1. The van der Waals surface area contributed by atoms with Gasteiger partial charge in [0.05, 0.1) is 12.5 Å². The lowest BCUT2D eigenvalue weighted by atomic mass is 9.78. The molecule has 0 radical (unpaired) electrons. The van der Waals surface area contributed by atoms with Crippen LogP contribution in [0.25, 0.3) is 6.08 Å². The van der Waals surface area contributed by atoms with Crippen molar-refractivity contribution in [2.45, 2.75) is 154 Å². The zero-order valence-corrected chi connectivity index (χ0v) is 41.7. The first-order chi connectivity index (χ1) is 34.3. The summed E-state index contributed by atoms with van der Waals surface area (Å²) in [5.41, 5.74) is -2.19. The molecule has 0 amide bonds. The maximum atomic E-state index is 13.8. The van der Waals surface area contributed by atoms with Gasteiger partial charge in [-0.25, -0.2) is 19.6 Å². The van der Waals surface area contributed by atoms with Crippen molar-refractivity contribution >= 4 is 41.9 Å². The second-order valence-corrected chi connectivity index (χ2v) is 18.6. The van der Waals surface area contributed by atoms with Gasteiger partial charge in [-0.2, -0.15) is 0 Å². The average molecular weight is 1000 g/mol. The van der Waals surface area contributed by atoms with Crippen LogP contribution in [0.1, 0.15) is 126 Å². The third kappa shape index (κ3) is 17.3. The van der Waals surface area contributed by atoms with Crippen LogP contribution in [0.2, 0.25) is 0 Å². The van der Waals surface area contributed by atoms with Gasteiger partial charge in [0.2, 0.25) is 5.89 Å². The molecule has 0 aromatic carbocycles. The molecule has 5 rings (SSSR count). The normalized spacial score (nSPS) is 24.1. The fraction of sp³-hybridized carbons (Fsp3) is 0.509. The number of epoxide rings is 2. The molecule has 5 heterocycles. The topological polar surface area (TPSA) is 266 Å². The van der Waals surface area contributed by atoms with Gasteiger partial charge in [-0.15, -0.1) is 0 Å². The summed E-state index contributed by atoms with van der Waals surface area (Å²) in [5.74, 6) is -4.44. The molecule has 72 heavy (non-hydrogen) atoms. The highest BCUT2D eigenvalue weighted by atomic mass is 16.6. The Morgan fingerprint density at radius 3 is 1.67 bits per heavy atom. The fourth-order valence-corrected chi connectivity index (χ4v) is 7.62. The number of rotatable bonds is 17. The Kier molecular flexibility index (Phi) is 20.8. The summed E-state index contributed by atoms with van der Waals surface area (Å²) >= 11 is 0. The van der Waals surface area contributed by atoms with Gasteiger partial charge in [0, 0.05) is 62.5 Å². The molecule has 3 aliphatic heterocycles. The highest BCUT2D eigenvalue weighted by Gasteiger charge is 2.43. The SMILES string of the molecule is CC=C[C@H](OC(=O)CCCC(=O)O)C(C)(C)[C@@H]1CC=CC2OC2C=C[C@H](OC)Cc2nc(co2)C(=O)O[C@H](C(C)(C)[C@H](C=CC)OC(=O)CCCC(=O)O)CC=C[C@H]2O[C@H]2C=CC=Cc2nc(co2)C(=O)O1. The predicted molar refractivity (Wildman–Crippen MR) is 258 cm³/mol. The first-order valence-corrected chi connectivity index (χ1v) is 23.9. The lowest BCUT2D eigenvalue weighted by Gasteiger charge is -2.38. The lowest BCUT2D eigenvalue weighted by molar-refractivity contribution is -0.157. The van der Waals surface area contributed by atoms with Crippen molar-refractivity contribution in [3.8, 4) is 0 Å². The molecule has 0 saturated carbocycles. The molecule has 2 aromatic heterocycles. The van der Waals surface area contributed by atoms with E-state index in [1.165, 1.54) is 19.6 Å². The summed E-state index contributed by atoms with van der Waals surface area (Å²) < 4.78 is 52.5. The van der Waals surface area contributed by atoms with E-state index in [1.807, 2.05) is 36.5 Å². The van der Waals surface area contributed by atoms with Gasteiger partial charge < -0.3 is 52.2 Å². The average Bonchev–Trinajstić information content (AvgIpc) is 4.12. The molecule has 4 bridgehead atoms. The number of aromatic nitrogens is 2. The monoisotopic (exact) mass is 1000 g/mol. The fourth-order valence-electron chi connectivity index (χ4n) is 7.62. The number of ether oxygens (including phenoxy) is 7. The minimum Gasteiger partial charge on any atom is -0.481 e. The van der Waals surface area contributed by atoms with Gasteiger partial charge in [-0.1, -0.05) is 94.5 Å². The maximum absolute atomic E-state index is 13.8. The van der Waals surface area contributed by atoms with Crippen LogP contribution in [0, 0.1) is 10.8 Å². The van der Waals surface area contributed by atoms with Gasteiger partial charge in [0.15, 0.2) is 17.3 Å². The lowest BCUT2D eigenvalue weighted by Crippen LogP contribution is -2.44. The molecular weight excluding hydrogens is 937 g/mol. The van der Waals surface area contributed by atoms with Crippen LogP contribution < -0.4 is 0 Å². The molecule has 0 aliphatic carbocycles. The molecule has 0 spiro atoms. The number of hydrogen-bond donors (Lipinski definition) is 2. The van der Waals surface area contributed by atoms with Crippen molar-refractivity contribution in [1.29, 1.82) is 0 Å². The first kappa shape index (κ1) is 56.2. The number of allylic oxidation sites excluding steroid dienone is 4. The highest BCUT2D eigenvalue weighted by Crippen LogP contribution is 2.37. The summed E-state index contributed by atoms with van der Waals surface area (Å²) in [6.45, 7) is 10.7. The van der Waals surface area contributed by atoms with E-state index in [9.17, 15) is 28.8 Å². The summed E-state index contributed by atoms with van der Waals surface area (Å²) in [5, 5.41) is 18.1. The van der Waals surface area contributed by atoms with Crippen LogP contribution >= 0.6 is 0 Å². The number of carboxylic acids is 2. The number of hydrogen-bond acceptors (Lipinski definition) is 17. The second kappa shape index (κ2) is 26.7. The van der Waals surface area contributed by atoms with Crippen LogP contribution in [0.4, 0.5) is 0 Å². The number of carboxylic acid groups (broad SMARTS) is 2. The van der Waals surface area contributed by atoms with Crippen molar-refractivity contribution in [3.05, 3.63) is 115 Å². The van der Waals surface area contributed by atoms with E-state index in [0.29, 0.717) is 0 Å². The molecule has 390 valence electrons. The van der Waals surface area contributed by atoms with E-state index >= 15 is 0 Å². The summed E-state index contributed by atoms with van der Waals surface area (Å²) in [6, 6.07) is 0. The van der Waals surface area contributed by atoms with Gasteiger partial charge in [0.25, 0.3) is 0 Å². The zero-order valence-electron chi connectivity index (χ0n) is 41.7. The van der Waals surface area contributed by atoms with E-state index in [0.717, 1.165) is 0 Å². The molecule has 2 unspecified atom stereocenters. The van der Waals surface area contributed by atoms with Gasteiger partial charge in [0.1, 0.15) is 61.4 Å². The van der Waals surface area contributed by atoms with E-state index in [2.05, 4.69) is 9.97 Å². The Bertz CT molecular complexity index is 2400. The van der Waals surface area contributed by atoms with Crippen molar-refractivity contribution < 1.29 is 81.0 Å². The molecule has 2 fully saturated rings. The number of esters is 4. The van der Waals surface area contributed by atoms with E-state index in [1.54, 1.807) is 90.2 Å². The number of fused-ring (bicyclic) bond motifs is 6. The molecule has 2 N–H and O–H groups in total. The number of oxazole rings is 2. The molecule has 9 atom stereocenters. The Morgan fingerprint density at radius 2 is 1.17 bits per heavy atom. The van der Waals surface area contributed by atoms with Gasteiger partial charge >= 0.3 is 35.8 Å². The third-order valence-electron chi connectivity index (χ3n) is 12.2. The van der Waals surface area contributed by atoms with Gasteiger partial charge in [-0.3, -0.25) is 19.2 Å². The minimum atomic E-state index is -1.02. The zero-order chi connectivity index (χ0) is 52.4. The quantitative estimate of drug-likeness (QED) is 0.0656. The Hall–Kier alpha value is -6.70. The molecule has 2 aromatic rings. The summed E-state index contributed by atoms with van der Waals surface area (Å²) in [7, 11) is 1.52. The number of carbonyl (C=O) groups is 6. The van der Waals surface area contributed by atoms with Crippen molar-refractivity contribution in [2.75, 3.05) is 7.11 Å². The molecule has 19 nitrogen and oxygen atoms in total. The minimum absolute atomic E-state index is 0.0832. The second-order valence-electron chi connectivity index (χ2n) is 18.6. The molecule has 3 aliphatic rings.